The second-order valence-electron chi connectivity index (χ2n) is 5.33. The number of amides is 1. The van der Waals surface area contributed by atoms with Crippen molar-refractivity contribution in [3.8, 4) is 0 Å². The number of likely N-dealkylation sites (tertiary alicyclic amines) is 1. The third-order valence-corrected chi connectivity index (χ3v) is 4.88. The predicted molar refractivity (Wildman–Crippen MR) is 79.3 cm³/mol. The van der Waals surface area contributed by atoms with Gasteiger partial charge in [-0.25, -0.2) is 15.0 Å². The van der Waals surface area contributed by atoms with Crippen molar-refractivity contribution in [2.45, 2.75) is 24.9 Å². The molecule has 7 heteroatoms. The average molecular weight is 301 g/mol. The van der Waals surface area contributed by atoms with E-state index in [2.05, 4.69) is 19.9 Å². The molecule has 0 aliphatic carbocycles. The SMILES string of the molecule is O=C(c1cscn1)N1CC[C@H]2[C@H]1CCN2c1ncccn1. The highest BCUT2D eigenvalue weighted by Gasteiger charge is 2.45. The number of thiazole rings is 1. The summed E-state index contributed by atoms with van der Waals surface area (Å²) in [5.74, 6) is 0.826. The summed E-state index contributed by atoms with van der Waals surface area (Å²) in [7, 11) is 0. The van der Waals surface area contributed by atoms with Crippen molar-refractivity contribution in [2.24, 2.45) is 0 Å². The van der Waals surface area contributed by atoms with Crippen molar-refractivity contribution < 1.29 is 4.79 Å². The van der Waals surface area contributed by atoms with Crippen LogP contribution in [0.3, 0.4) is 0 Å². The van der Waals surface area contributed by atoms with Crippen LogP contribution in [-0.4, -0.2) is 50.9 Å². The van der Waals surface area contributed by atoms with E-state index in [-0.39, 0.29) is 11.9 Å². The largest absolute Gasteiger partial charge is 0.336 e. The van der Waals surface area contributed by atoms with E-state index >= 15 is 0 Å². The molecule has 2 saturated heterocycles. The first-order valence-corrected chi connectivity index (χ1v) is 8.01. The van der Waals surface area contributed by atoms with E-state index in [1.165, 1.54) is 11.3 Å². The smallest absolute Gasteiger partial charge is 0.273 e. The molecule has 0 aromatic carbocycles. The van der Waals surface area contributed by atoms with Crippen molar-refractivity contribution >= 4 is 23.2 Å². The zero-order valence-electron chi connectivity index (χ0n) is 11.4. The first-order valence-electron chi connectivity index (χ1n) is 7.07. The molecule has 0 saturated carbocycles. The number of aromatic nitrogens is 3. The van der Waals surface area contributed by atoms with E-state index in [0.717, 1.165) is 31.9 Å². The van der Waals surface area contributed by atoms with Crippen LogP contribution in [0.2, 0.25) is 0 Å². The third kappa shape index (κ3) is 2.08. The molecule has 4 heterocycles. The molecule has 2 aliphatic heterocycles. The van der Waals surface area contributed by atoms with Gasteiger partial charge in [-0.05, 0) is 18.9 Å². The first kappa shape index (κ1) is 12.7. The Morgan fingerprint density at radius 3 is 2.71 bits per heavy atom. The summed E-state index contributed by atoms with van der Waals surface area (Å²) >= 11 is 1.46. The van der Waals surface area contributed by atoms with Crippen molar-refractivity contribution in [1.82, 2.24) is 19.9 Å². The lowest BCUT2D eigenvalue weighted by Crippen LogP contribution is -2.40. The molecule has 0 spiro atoms. The fourth-order valence-corrected chi connectivity index (χ4v) is 3.92. The van der Waals surface area contributed by atoms with E-state index in [1.54, 1.807) is 17.9 Å². The number of rotatable bonds is 2. The van der Waals surface area contributed by atoms with Gasteiger partial charge in [0.1, 0.15) is 5.69 Å². The minimum atomic E-state index is 0.0552. The van der Waals surface area contributed by atoms with Crippen LogP contribution in [-0.2, 0) is 0 Å². The Morgan fingerprint density at radius 1 is 1.14 bits per heavy atom. The molecule has 6 nitrogen and oxygen atoms in total. The molecule has 4 rings (SSSR count). The van der Waals surface area contributed by atoms with Crippen LogP contribution >= 0.6 is 11.3 Å². The molecular weight excluding hydrogens is 286 g/mol. The molecule has 2 fully saturated rings. The van der Waals surface area contributed by atoms with Crippen LogP contribution in [0, 0.1) is 0 Å². The van der Waals surface area contributed by atoms with Gasteiger partial charge in [-0.3, -0.25) is 4.79 Å². The summed E-state index contributed by atoms with van der Waals surface area (Å²) in [5, 5.41) is 1.82. The molecule has 0 radical (unpaired) electrons. The minimum Gasteiger partial charge on any atom is -0.336 e. The zero-order chi connectivity index (χ0) is 14.2. The number of fused-ring (bicyclic) bond motifs is 1. The van der Waals surface area contributed by atoms with Crippen LogP contribution in [0.15, 0.2) is 29.4 Å². The summed E-state index contributed by atoms with van der Waals surface area (Å²) in [6.07, 6.45) is 5.48. The summed E-state index contributed by atoms with van der Waals surface area (Å²) in [6, 6.07) is 2.40. The highest BCUT2D eigenvalue weighted by Crippen LogP contribution is 2.34. The average Bonchev–Trinajstić information content (AvgIpc) is 3.24. The second kappa shape index (κ2) is 5.07. The van der Waals surface area contributed by atoms with Crippen LogP contribution in [0.5, 0.6) is 0 Å². The van der Waals surface area contributed by atoms with Crippen LogP contribution < -0.4 is 4.90 Å². The Morgan fingerprint density at radius 2 is 1.95 bits per heavy atom. The van der Waals surface area contributed by atoms with Gasteiger partial charge in [-0.1, -0.05) is 0 Å². The maximum absolute atomic E-state index is 12.5. The van der Waals surface area contributed by atoms with Gasteiger partial charge in [0.05, 0.1) is 17.6 Å². The summed E-state index contributed by atoms with van der Waals surface area (Å²) in [5.41, 5.74) is 2.27. The van der Waals surface area contributed by atoms with Gasteiger partial charge in [0.15, 0.2) is 0 Å². The molecule has 108 valence electrons. The van der Waals surface area contributed by atoms with Gasteiger partial charge in [0, 0.05) is 30.9 Å². The van der Waals surface area contributed by atoms with E-state index < -0.39 is 0 Å². The number of nitrogens with zero attached hydrogens (tertiary/aromatic N) is 5. The second-order valence-corrected chi connectivity index (χ2v) is 6.05. The van der Waals surface area contributed by atoms with Gasteiger partial charge >= 0.3 is 0 Å². The topological polar surface area (TPSA) is 62.2 Å². The summed E-state index contributed by atoms with van der Waals surface area (Å²) in [6.45, 7) is 1.69. The monoisotopic (exact) mass is 301 g/mol. The van der Waals surface area contributed by atoms with Gasteiger partial charge in [0.2, 0.25) is 5.95 Å². The molecule has 0 bridgehead atoms. The third-order valence-electron chi connectivity index (χ3n) is 4.30. The van der Waals surface area contributed by atoms with Crippen LogP contribution in [0.4, 0.5) is 5.95 Å². The Bertz CT molecular complexity index is 632. The number of hydrogen-bond donors (Lipinski definition) is 0. The highest BCUT2D eigenvalue weighted by molar-refractivity contribution is 7.07. The van der Waals surface area contributed by atoms with E-state index in [9.17, 15) is 4.79 Å². The fraction of sp³-hybridized carbons (Fsp3) is 0.429. The quantitative estimate of drug-likeness (QED) is 0.839. The number of carbonyl (C=O) groups is 1. The van der Waals surface area contributed by atoms with Gasteiger partial charge in [-0.15, -0.1) is 11.3 Å². The molecule has 2 aromatic rings. The normalized spacial score (nSPS) is 24.4. The Balaban J connectivity index is 1.55. The van der Waals surface area contributed by atoms with Crippen molar-refractivity contribution in [2.75, 3.05) is 18.0 Å². The highest BCUT2D eigenvalue weighted by atomic mass is 32.1. The van der Waals surface area contributed by atoms with E-state index in [0.29, 0.717) is 11.7 Å². The van der Waals surface area contributed by atoms with E-state index in [4.69, 9.17) is 0 Å². The number of carbonyl (C=O) groups excluding carboxylic acids is 1. The van der Waals surface area contributed by atoms with Crippen molar-refractivity contribution in [1.29, 1.82) is 0 Å². The number of hydrogen-bond acceptors (Lipinski definition) is 6. The molecule has 2 atom stereocenters. The molecule has 0 N–H and O–H groups in total. The van der Waals surface area contributed by atoms with Crippen molar-refractivity contribution in [3.05, 3.63) is 35.0 Å². The first-order chi connectivity index (χ1) is 10.3. The predicted octanol–water partition coefficient (Wildman–Crippen LogP) is 1.43. The summed E-state index contributed by atoms with van der Waals surface area (Å²) < 4.78 is 0. The van der Waals surface area contributed by atoms with Gasteiger partial charge < -0.3 is 9.80 Å². The Hall–Kier alpha value is -2.02. The maximum atomic E-state index is 12.5. The van der Waals surface area contributed by atoms with Gasteiger partial charge in [0.25, 0.3) is 5.91 Å². The van der Waals surface area contributed by atoms with Crippen molar-refractivity contribution in [3.63, 3.8) is 0 Å². The molecule has 2 aromatic heterocycles. The Labute approximate surface area is 126 Å². The zero-order valence-corrected chi connectivity index (χ0v) is 12.2. The molecule has 1 amide bonds. The lowest BCUT2D eigenvalue weighted by molar-refractivity contribution is 0.0732. The van der Waals surface area contributed by atoms with E-state index in [1.807, 2.05) is 16.3 Å². The van der Waals surface area contributed by atoms with Crippen LogP contribution in [0.25, 0.3) is 0 Å². The van der Waals surface area contributed by atoms with Crippen LogP contribution in [0.1, 0.15) is 23.3 Å². The molecule has 21 heavy (non-hydrogen) atoms. The standard InChI is InChI=1S/C14H15N5OS/c20-13(10-8-21-9-17-10)18-6-2-12-11(18)3-7-19(12)14-15-4-1-5-16-14/h1,4-5,8-9,11-12H,2-3,6-7H2/t11-,12+/m1/s1. The molecule has 2 aliphatic rings. The minimum absolute atomic E-state index is 0.0552. The fourth-order valence-electron chi connectivity index (χ4n) is 3.39. The lowest BCUT2D eigenvalue weighted by Gasteiger charge is -2.25. The van der Waals surface area contributed by atoms with Gasteiger partial charge in [-0.2, -0.15) is 0 Å². The lowest BCUT2D eigenvalue weighted by atomic mass is 10.1. The Kier molecular flexibility index (Phi) is 3.07. The molecule has 0 unspecified atom stereocenters. The maximum Gasteiger partial charge on any atom is 0.273 e. The summed E-state index contributed by atoms with van der Waals surface area (Å²) in [4.78, 5) is 29.5. The number of anilines is 1. The molecular formula is C14H15N5OS.